The van der Waals surface area contributed by atoms with Gasteiger partial charge in [-0.2, -0.15) is 5.10 Å². The molecule has 0 spiro atoms. The highest BCUT2D eigenvalue weighted by Gasteiger charge is 2.22. The molecular weight excluding hydrogens is 334 g/mol. The first-order chi connectivity index (χ1) is 12.3. The molecule has 1 aromatic carbocycles. The van der Waals surface area contributed by atoms with E-state index in [1.165, 1.54) is 10.2 Å². The second-order valence-corrected chi connectivity index (χ2v) is 6.15. The number of hydrogen-bond acceptors (Lipinski definition) is 5. The van der Waals surface area contributed by atoms with E-state index < -0.39 is 4.92 Å². The van der Waals surface area contributed by atoms with Crippen LogP contribution in [0.1, 0.15) is 23.9 Å². The molecule has 0 fully saturated rings. The average molecular weight is 359 g/mol. The number of aromatic nitrogens is 2. The van der Waals surface area contributed by atoms with Crippen LogP contribution < -0.4 is 10.2 Å². The molecule has 2 rings (SSSR count). The van der Waals surface area contributed by atoms with Crippen molar-refractivity contribution in [2.24, 2.45) is 0 Å². The fourth-order valence-corrected chi connectivity index (χ4v) is 2.99. The van der Waals surface area contributed by atoms with Gasteiger partial charge in [-0.15, -0.1) is 0 Å². The summed E-state index contributed by atoms with van der Waals surface area (Å²) in [5, 5.41) is 18.0. The maximum atomic E-state index is 12.2. The maximum absolute atomic E-state index is 12.2. The molecule has 0 saturated carbocycles. The smallest absolute Gasteiger partial charge is 0.312 e. The molecule has 26 heavy (non-hydrogen) atoms. The Morgan fingerprint density at radius 1 is 1.31 bits per heavy atom. The van der Waals surface area contributed by atoms with Gasteiger partial charge in [0.25, 0.3) is 0 Å². The van der Waals surface area contributed by atoms with Crippen LogP contribution in [-0.4, -0.2) is 40.2 Å². The first kappa shape index (κ1) is 19.4. The highest BCUT2D eigenvalue weighted by molar-refractivity contribution is 5.75. The molecule has 0 aliphatic rings. The number of nitro groups is 1. The van der Waals surface area contributed by atoms with Crippen LogP contribution in [0.3, 0.4) is 0 Å². The number of anilines is 1. The number of carbonyl (C=O) groups excluding carboxylic acids is 1. The summed E-state index contributed by atoms with van der Waals surface area (Å²) >= 11 is 0. The lowest BCUT2D eigenvalue weighted by Crippen LogP contribution is -2.36. The molecule has 1 amide bonds. The summed E-state index contributed by atoms with van der Waals surface area (Å²) in [7, 11) is 0. The van der Waals surface area contributed by atoms with Crippen LogP contribution in [0, 0.1) is 30.9 Å². The molecule has 8 nitrogen and oxygen atoms in total. The zero-order valence-corrected chi connectivity index (χ0v) is 15.7. The van der Waals surface area contributed by atoms with E-state index in [2.05, 4.69) is 41.3 Å². The number of rotatable bonds is 8. The monoisotopic (exact) mass is 359 g/mol. The van der Waals surface area contributed by atoms with Crippen LogP contribution in [-0.2, 0) is 11.3 Å². The normalized spacial score (nSPS) is 10.6. The van der Waals surface area contributed by atoms with Crippen molar-refractivity contribution in [3.05, 3.63) is 51.3 Å². The minimum atomic E-state index is -0.465. The van der Waals surface area contributed by atoms with Crippen LogP contribution in [0.15, 0.2) is 24.3 Å². The van der Waals surface area contributed by atoms with Crippen LogP contribution in [0.4, 0.5) is 11.4 Å². The number of nitrogens with zero attached hydrogens (tertiary/aromatic N) is 4. The van der Waals surface area contributed by atoms with Crippen molar-refractivity contribution in [1.82, 2.24) is 15.1 Å². The van der Waals surface area contributed by atoms with Crippen molar-refractivity contribution in [3.8, 4) is 0 Å². The van der Waals surface area contributed by atoms with Gasteiger partial charge in [-0.1, -0.05) is 18.2 Å². The molecule has 0 aliphatic carbocycles. The van der Waals surface area contributed by atoms with Crippen LogP contribution in [0.2, 0.25) is 0 Å². The molecule has 0 radical (unpaired) electrons. The SMILES string of the molecule is CCN(CCNC(=O)Cn1nc(C)c([N+](=O)[O-])c1C)c1ccccc1C. The van der Waals surface area contributed by atoms with E-state index >= 15 is 0 Å². The van der Waals surface area contributed by atoms with Gasteiger partial charge in [-0.3, -0.25) is 19.6 Å². The van der Waals surface area contributed by atoms with Crippen molar-refractivity contribution in [1.29, 1.82) is 0 Å². The van der Waals surface area contributed by atoms with E-state index in [0.29, 0.717) is 24.5 Å². The summed E-state index contributed by atoms with van der Waals surface area (Å²) in [6.07, 6.45) is 0. The van der Waals surface area contributed by atoms with Crippen molar-refractivity contribution in [2.75, 3.05) is 24.5 Å². The largest absolute Gasteiger partial charge is 0.370 e. The Hall–Kier alpha value is -2.90. The number of para-hydroxylation sites is 1. The lowest BCUT2D eigenvalue weighted by atomic mass is 10.2. The van der Waals surface area contributed by atoms with Crippen LogP contribution in [0.25, 0.3) is 0 Å². The molecular formula is C18H25N5O3. The number of benzene rings is 1. The molecule has 2 aromatic rings. The molecule has 0 bridgehead atoms. The highest BCUT2D eigenvalue weighted by atomic mass is 16.6. The topological polar surface area (TPSA) is 93.3 Å². The Morgan fingerprint density at radius 3 is 2.58 bits per heavy atom. The van der Waals surface area contributed by atoms with Crippen LogP contribution in [0.5, 0.6) is 0 Å². The zero-order chi connectivity index (χ0) is 19.3. The molecule has 1 heterocycles. The summed E-state index contributed by atoms with van der Waals surface area (Å²) in [4.78, 5) is 24.9. The van der Waals surface area contributed by atoms with Gasteiger partial charge in [-0.05, 0) is 39.3 Å². The van der Waals surface area contributed by atoms with E-state index in [9.17, 15) is 14.9 Å². The lowest BCUT2D eigenvalue weighted by molar-refractivity contribution is -0.386. The molecule has 0 aliphatic heterocycles. The molecule has 140 valence electrons. The predicted molar refractivity (Wildman–Crippen MR) is 100 cm³/mol. The van der Waals surface area contributed by atoms with Gasteiger partial charge in [0.05, 0.1) is 4.92 Å². The minimum Gasteiger partial charge on any atom is -0.370 e. The Balaban J connectivity index is 1.92. The number of amides is 1. The van der Waals surface area contributed by atoms with E-state index in [4.69, 9.17) is 0 Å². The quantitative estimate of drug-likeness (QED) is 0.577. The van der Waals surface area contributed by atoms with Gasteiger partial charge in [-0.25, -0.2) is 0 Å². The van der Waals surface area contributed by atoms with Gasteiger partial charge in [0.1, 0.15) is 17.9 Å². The minimum absolute atomic E-state index is 0.0308. The standard InChI is InChI=1S/C18H25N5O3/c1-5-21(16-9-7-6-8-13(16)2)11-10-19-17(24)12-22-15(4)18(23(25)26)14(3)20-22/h6-9H,5,10-12H2,1-4H3,(H,19,24). The van der Waals surface area contributed by atoms with E-state index in [-0.39, 0.29) is 18.1 Å². The van der Waals surface area contributed by atoms with Crippen molar-refractivity contribution in [3.63, 3.8) is 0 Å². The molecule has 0 atom stereocenters. The number of likely N-dealkylation sites (N-methyl/N-ethyl adjacent to an activating group) is 1. The third-order valence-electron chi connectivity index (χ3n) is 4.36. The molecule has 0 saturated heterocycles. The zero-order valence-electron chi connectivity index (χ0n) is 15.7. The fraction of sp³-hybridized carbons (Fsp3) is 0.444. The lowest BCUT2D eigenvalue weighted by Gasteiger charge is -2.25. The first-order valence-electron chi connectivity index (χ1n) is 8.60. The van der Waals surface area contributed by atoms with Crippen LogP contribution >= 0.6 is 0 Å². The van der Waals surface area contributed by atoms with Gasteiger partial charge in [0, 0.05) is 25.3 Å². The third kappa shape index (κ3) is 4.38. The third-order valence-corrected chi connectivity index (χ3v) is 4.36. The Kier molecular flexibility index (Phi) is 6.32. The van der Waals surface area contributed by atoms with Gasteiger partial charge in [0.15, 0.2) is 0 Å². The molecule has 1 N–H and O–H groups in total. The number of hydrogen-bond donors (Lipinski definition) is 1. The highest BCUT2D eigenvalue weighted by Crippen LogP contribution is 2.21. The van der Waals surface area contributed by atoms with Gasteiger partial charge < -0.3 is 10.2 Å². The first-order valence-corrected chi connectivity index (χ1v) is 8.60. The number of carbonyl (C=O) groups is 1. The Labute approximate surface area is 153 Å². The van der Waals surface area contributed by atoms with Gasteiger partial charge in [0.2, 0.25) is 5.91 Å². The molecule has 0 unspecified atom stereocenters. The van der Waals surface area contributed by atoms with Crippen molar-refractivity contribution >= 4 is 17.3 Å². The van der Waals surface area contributed by atoms with Crippen molar-refractivity contribution in [2.45, 2.75) is 34.2 Å². The fourth-order valence-electron chi connectivity index (χ4n) is 2.99. The van der Waals surface area contributed by atoms with E-state index in [0.717, 1.165) is 12.2 Å². The summed E-state index contributed by atoms with van der Waals surface area (Å²) in [5.74, 6) is -0.216. The Morgan fingerprint density at radius 2 is 2.00 bits per heavy atom. The average Bonchev–Trinajstić information content (AvgIpc) is 2.86. The second-order valence-electron chi connectivity index (χ2n) is 6.15. The summed E-state index contributed by atoms with van der Waals surface area (Å²) in [5.41, 5.74) is 3.01. The van der Waals surface area contributed by atoms with E-state index in [1.54, 1.807) is 13.8 Å². The maximum Gasteiger partial charge on any atom is 0.312 e. The van der Waals surface area contributed by atoms with E-state index in [1.807, 2.05) is 12.1 Å². The Bertz CT molecular complexity index is 800. The summed E-state index contributed by atoms with van der Waals surface area (Å²) in [6, 6.07) is 8.13. The summed E-state index contributed by atoms with van der Waals surface area (Å²) in [6.45, 7) is 9.28. The van der Waals surface area contributed by atoms with Gasteiger partial charge >= 0.3 is 5.69 Å². The molecule has 1 aromatic heterocycles. The molecule has 8 heteroatoms. The number of nitrogens with one attached hydrogen (secondary N) is 1. The predicted octanol–water partition coefficient (Wildman–Crippen LogP) is 2.36. The number of aryl methyl sites for hydroxylation is 2. The summed E-state index contributed by atoms with van der Waals surface area (Å²) < 4.78 is 1.38. The second kappa shape index (κ2) is 8.46. The van der Waals surface area contributed by atoms with Crippen molar-refractivity contribution < 1.29 is 9.72 Å².